The van der Waals surface area contributed by atoms with E-state index in [1.54, 1.807) is 13.1 Å². The number of aromatic nitrogens is 2. The third-order valence-corrected chi connectivity index (χ3v) is 7.73. The van der Waals surface area contributed by atoms with Gasteiger partial charge in [-0.05, 0) is 62.6 Å². The number of hydrogen-bond donors (Lipinski definition) is 1. The number of nitrogens with one attached hydrogen (secondary N) is 1. The van der Waals surface area contributed by atoms with E-state index in [-0.39, 0.29) is 11.1 Å². The number of nitrogens with zero attached hydrogens (tertiary/aromatic N) is 3. The van der Waals surface area contributed by atoms with Gasteiger partial charge in [0.15, 0.2) is 5.03 Å². The molecule has 3 atom stereocenters. The highest BCUT2D eigenvalue weighted by Gasteiger charge is 2.44. The maximum Gasteiger partial charge on any atom is 0.257 e. The Morgan fingerprint density at radius 3 is 2.43 bits per heavy atom. The third-order valence-electron chi connectivity index (χ3n) is 6.22. The third kappa shape index (κ3) is 4.16. The average molecular weight is 403 g/mol. The zero-order valence-electron chi connectivity index (χ0n) is 16.7. The Kier molecular flexibility index (Phi) is 5.58. The van der Waals surface area contributed by atoms with E-state index in [0.717, 1.165) is 51.0 Å². The van der Waals surface area contributed by atoms with Crippen molar-refractivity contribution in [2.24, 2.45) is 18.9 Å². The van der Waals surface area contributed by atoms with E-state index in [1.807, 2.05) is 6.92 Å². The Morgan fingerprint density at radius 1 is 1.14 bits per heavy atom. The number of hydrogen-bond acceptors (Lipinski definition) is 4. The van der Waals surface area contributed by atoms with Crippen LogP contribution in [0.1, 0.15) is 30.5 Å². The molecule has 28 heavy (non-hydrogen) atoms. The summed E-state index contributed by atoms with van der Waals surface area (Å²) in [4.78, 5) is 2.53. The van der Waals surface area contributed by atoms with E-state index in [1.165, 1.54) is 10.2 Å². The van der Waals surface area contributed by atoms with E-state index in [0.29, 0.717) is 11.8 Å². The molecule has 0 radical (unpaired) electrons. The maximum absolute atomic E-state index is 12.9. The van der Waals surface area contributed by atoms with Crippen molar-refractivity contribution >= 4 is 10.0 Å². The first-order chi connectivity index (χ1) is 13.4. The molecule has 7 heteroatoms. The highest BCUT2D eigenvalue weighted by Crippen LogP contribution is 2.37. The molecule has 4 rings (SSSR count). The SMILES string of the molecule is Cc1cc(S(=O)(=O)NC2[C@@H]3CC[C@H]2CN(CCCc2ccccc2)C3)n(C)n1. The second-order valence-electron chi connectivity index (χ2n) is 8.34. The fraction of sp³-hybridized carbons (Fsp3) is 0.571. The summed E-state index contributed by atoms with van der Waals surface area (Å²) in [6.07, 6.45) is 4.46. The molecule has 1 unspecified atom stereocenters. The number of aryl methyl sites for hydroxylation is 3. The minimum absolute atomic E-state index is 0.0468. The summed E-state index contributed by atoms with van der Waals surface area (Å²) in [6.45, 7) is 4.88. The Balaban J connectivity index is 1.34. The molecule has 0 spiro atoms. The van der Waals surface area contributed by atoms with Gasteiger partial charge in [0.2, 0.25) is 0 Å². The first kappa shape index (κ1) is 19.6. The lowest BCUT2D eigenvalue weighted by atomic mass is 9.93. The molecule has 2 fully saturated rings. The van der Waals surface area contributed by atoms with Gasteiger partial charge in [-0.2, -0.15) is 5.10 Å². The Labute approximate surface area is 168 Å². The van der Waals surface area contributed by atoms with Crippen LogP contribution in [0.2, 0.25) is 0 Å². The maximum atomic E-state index is 12.9. The van der Waals surface area contributed by atoms with Crippen LogP contribution in [-0.2, 0) is 23.5 Å². The number of fused-ring (bicyclic) bond motifs is 2. The van der Waals surface area contributed by atoms with Crippen LogP contribution in [-0.4, -0.2) is 48.8 Å². The van der Waals surface area contributed by atoms with Crippen molar-refractivity contribution in [2.45, 2.75) is 43.7 Å². The number of piperidine rings is 1. The Hall–Kier alpha value is -1.70. The first-order valence-corrected chi connectivity index (χ1v) is 11.7. The molecule has 152 valence electrons. The van der Waals surface area contributed by atoms with Gasteiger partial charge in [-0.15, -0.1) is 0 Å². The molecule has 1 aliphatic heterocycles. The summed E-state index contributed by atoms with van der Waals surface area (Å²) in [5.74, 6) is 0.805. The molecule has 1 N–H and O–H groups in total. The zero-order chi connectivity index (χ0) is 19.7. The molecule has 2 aromatic rings. The normalized spacial score (nSPS) is 25.3. The fourth-order valence-corrected chi connectivity index (χ4v) is 6.50. The average Bonchev–Trinajstić information content (AvgIpc) is 3.10. The smallest absolute Gasteiger partial charge is 0.257 e. The second-order valence-corrected chi connectivity index (χ2v) is 10.0. The number of rotatable bonds is 7. The van der Waals surface area contributed by atoms with Crippen LogP contribution in [0, 0.1) is 18.8 Å². The minimum Gasteiger partial charge on any atom is -0.303 e. The van der Waals surface area contributed by atoms with Crippen LogP contribution < -0.4 is 4.72 Å². The fourth-order valence-electron chi connectivity index (χ4n) is 4.92. The van der Waals surface area contributed by atoms with Gasteiger partial charge in [-0.25, -0.2) is 13.1 Å². The Bertz CT molecular complexity index is 896. The Morgan fingerprint density at radius 2 is 1.82 bits per heavy atom. The zero-order valence-corrected chi connectivity index (χ0v) is 17.5. The standard InChI is InChI=1S/C21H30N4O2S/c1-16-13-20(24(2)22-16)28(26,27)23-21-18-10-11-19(21)15-25(14-18)12-6-9-17-7-4-3-5-8-17/h3-5,7-8,13,18-19,21,23H,6,9-12,14-15H2,1-2H3/t18-,19+,21?. The molecule has 6 nitrogen and oxygen atoms in total. The quantitative estimate of drug-likeness (QED) is 0.772. The van der Waals surface area contributed by atoms with Gasteiger partial charge in [0.05, 0.1) is 5.69 Å². The van der Waals surface area contributed by atoms with Crippen LogP contribution >= 0.6 is 0 Å². The predicted octanol–water partition coefficient (Wildman–Crippen LogP) is 2.35. The van der Waals surface area contributed by atoms with Gasteiger partial charge in [-0.1, -0.05) is 30.3 Å². The topological polar surface area (TPSA) is 67.2 Å². The van der Waals surface area contributed by atoms with Crippen LogP contribution in [0.25, 0.3) is 0 Å². The van der Waals surface area contributed by atoms with E-state index in [4.69, 9.17) is 0 Å². The van der Waals surface area contributed by atoms with E-state index >= 15 is 0 Å². The van der Waals surface area contributed by atoms with Gasteiger partial charge in [-0.3, -0.25) is 4.68 Å². The van der Waals surface area contributed by atoms with Crippen LogP contribution in [0.5, 0.6) is 0 Å². The van der Waals surface area contributed by atoms with Crippen LogP contribution in [0.15, 0.2) is 41.4 Å². The van der Waals surface area contributed by atoms with Crippen molar-refractivity contribution in [3.05, 3.63) is 47.7 Å². The van der Waals surface area contributed by atoms with Crippen molar-refractivity contribution in [3.63, 3.8) is 0 Å². The van der Waals surface area contributed by atoms with Crippen molar-refractivity contribution in [1.29, 1.82) is 0 Å². The number of sulfonamides is 1. The monoisotopic (exact) mass is 402 g/mol. The highest BCUT2D eigenvalue weighted by molar-refractivity contribution is 7.89. The van der Waals surface area contributed by atoms with E-state index in [2.05, 4.69) is 45.1 Å². The molecule has 1 aliphatic carbocycles. The van der Waals surface area contributed by atoms with Gasteiger partial charge >= 0.3 is 0 Å². The lowest BCUT2D eigenvalue weighted by Crippen LogP contribution is -2.52. The van der Waals surface area contributed by atoms with E-state index in [9.17, 15) is 8.42 Å². The summed E-state index contributed by atoms with van der Waals surface area (Å²) in [6, 6.07) is 12.3. The van der Waals surface area contributed by atoms with Crippen LogP contribution in [0.3, 0.4) is 0 Å². The number of likely N-dealkylation sites (tertiary alicyclic amines) is 1. The minimum atomic E-state index is -3.53. The highest BCUT2D eigenvalue weighted by atomic mass is 32.2. The largest absolute Gasteiger partial charge is 0.303 e. The summed E-state index contributed by atoms with van der Waals surface area (Å²) >= 11 is 0. The van der Waals surface area contributed by atoms with Crippen molar-refractivity contribution in [1.82, 2.24) is 19.4 Å². The molecule has 2 aliphatic rings. The molecular weight excluding hydrogens is 372 g/mol. The summed E-state index contributed by atoms with van der Waals surface area (Å²) in [5, 5.41) is 4.44. The van der Waals surface area contributed by atoms with Crippen molar-refractivity contribution < 1.29 is 8.42 Å². The molecule has 1 aromatic heterocycles. The lowest BCUT2D eigenvalue weighted by molar-refractivity contribution is 0.139. The van der Waals surface area contributed by atoms with E-state index < -0.39 is 10.0 Å². The van der Waals surface area contributed by atoms with Crippen LogP contribution in [0.4, 0.5) is 0 Å². The van der Waals surface area contributed by atoms with Crippen molar-refractivity contribution in [3.8, 4) is 0 Å². The molecule has 1 saturated carbocycles. The summed E-state index contributed by atoms with van der Waals surface area (Å²) < 4.78 is 30.2. The summed E-state index contributed by atoms with van der Waals surface area (Å²) in [5.41, 5.74) is 2.11. The predicted molar refractivity (Wildman–Crippen MR) is 109 cm³/mol. The molecular formula is C21H30N4O2S. The van der Waals surface area contributed by atoms with Gasteiger partial charge in [0.1, 0.15) is 0 Å². The molecule has 1 aromatic carbocycles. The lowest BCUT2D eigenvalue weighted by Gasteiger charge is -2.38. The second kappa shape index (κ2) is 7.97. The summed E-state index contributed by atoms with van der Waals surface area (Å²) in [7, 11) is -1.85. The number of benzene rings is 1. The molecule has 2 heterocycles. The first-order valence-electron chi connectivity index (χ1n) is 10.2. The van der Waals surface area contributed by atoms with Gasteiger partial charge < -0.3 is 4.90 Å². The molecule has 0 amide bonds. The van der Waals surface area contributed by atoms with Crippen molar-refractivity contribution in [2.75, 3.05) is 19.6 Å². The van der Waals surface area contributed by atoms with Gasteiger partial charge in [0, 0.05) is 26.2 Å². The molecule has 2 bridgehead atoms. The molecule has 1 saturated heterocycles. The van der Waals surface area contributed by atoms with Gasteiger partial charge in [0.25, 0.3) is 10.0 Å².